The molecule has 0 aromatic carbocycles. The first-order valence-corrected chi connectivity index (χ1v) is 6.43. The first-order chi connectivity index (χ1) is 8.77. The lowest BCUT2D eigenvalue weighted by molar-refractivity contribution is -0.131. The van der Waals surface area contributed by atoms with Crippen molar-refractivity contribution in [2.24, 2.45) is 5.73 Å². The van der Waals surface area contributed by atoms with Gasteiger partial charge in [0.1, 0.15) is 0 Å². The van der Waals surface area contributed by atoms with Gasteiger partial charge in [0, 0.05) is 45.7 Å². The Labute approximate surface area is 108 Å². The fraction of sp³-hybridized carbons (Fsp3) is 0.833. The molecule has 6 heteroatoms. The molecule has 1 rings (SSSR count). The van der Waals surface area contributed by atoms with Crippen LogP contribution >= 0.6 is 0 Å². The number of nitrogens with zero attached hydrogens (tertiary/aromatic N) is 3. The molecule has 0 spiro atoms. The number of ether oxygens (including phenoxy) is 1. The molecule has 6 nitrogen and oxygen atoms in total. The second-order valence-electron chi connectivity index (χ2n) is 4.28. The van der Waals surface area contributed by atoms with E-state index in [0.717, 1.165) is 32.8 Å². The van der Waals surface area contributed by atoms with Crippen LogP contribution in [0.15, 0.2) is 0 Å². The van der Waals surface area contributed by atoms with E-state index in [2.05, 4.69) is 11.0 Å². The average molecular weight is 254 g/mol. The van der Waals surface area contributed by atoms with Crippen molar-refractivity contribution in [1.29, 1.82) is 5.26 Å². The van der Waals surface area contributed by atoms with Crippen LogP contribution in [0.1, 0.15) is 12.8 Å². The zero-order valence-electron chi connectivity index (χ0n) is 10.8. The van der Waals surface area contributed by atoms with Crippen LogP contribution in [-0.4, -0.2) is 68.2 Å². The highest BCUT2D eigenvalue weighted by atomic mass is 16.5. The monoisotopic (exact) mass is 254 g/mol. The number of carbonyl (C=O) groups is 1. The highest BCUT2D eigenvalue weighted by Gasteiger charge is 2.15. The van der Waals surface area contributed by atoms with Gasteiger partial charge in [-0.3, -0.25) is 9.69 Å². The lowest BCUT2D eigenvalue weighted by Gasteiger charge is -2.29. The molecular formula is C12H22N4O2. The Kier molecular flexibility index (Phi) is 7.34. The van der Waals surface area contributed by atoms with Gasteiger partial charge in [0.25, 0.3) is 0 Å². The zero-order chi connectivity index (χ0) is 13.2. The molecule has 1 heterocycles. The zero-order valence-corrected chi connectivity index (χ0v) is 10.8. The Morgan fingerprint density at radius 2 is 2.11 bits per heavy atom. The summed E-state index contributed by atoms with van der Waals surface area (Å²) in [5.41, 5.74) is 5.40. The summed E-state index contributed by atoms with van der Waals surface area (Å²) in [7, 11) is 0. The molecule has 102 valence electrons. The molecule has 0 unspecified atom stereocenters. The van der Waals surface area contributed by atoms with E-state index < -0.39 is 0 Å². The quantitative estimate of drug-likeness (QED) is 0.656. The van der Waals surface area contributed by atoms with E-state index in [1.165, 1.54) is 0 Å². The fourth-order valence-corrected chi connectivity index (χ4v) is 1.91. The lowest BCUT2D eigenvalue weighted by Crippen LogP contribution is -2.43. The molecule has 0 aromatic heterocycles. The molecule has 2 N–H and O–H groups in total. The number of morpholine rings is 1. The van der Waals surface area contributed by atoms with Crippen molar-refractivity contribution in [1.82, 2.24) is 9.80 Å². The van der Waals surface area contributed by atoms with Crippen LogP contribution in [0.4, 0.5) is 0 Å². The van der Waals surface area contributed by atoms with Gasteiger partial charge in [0.15, 0.2) is 0 Å². The smallest absolute Gasteiger partial charge is 0.223 e. The Bertz CT molecular complexity index is 284. The van der Waals surface area contributed by atoms with Crippen LogP contribution in [0.3, 0.4) is 0 Å². The summed E-state index contributed by atoms with van der Waals surface area (Å²) in [5.74, 6) is 0.0426. The van der Waals surface area contributed by atoms with Crippen molar-refractivity contribution in [2.75, 3.05) is 52.5 Å². The maximum absolute atomic E-state index is 11.8. The van der Waals surface area contributed by atoms with Crippen LogP contribution in [0.2, 0.25) is 0 Å². The summed E-state index contributed by atoms with van der Waals surface area (Å²) in [4.78, 5) is 15.8. The molecule has 0 aliphatic carbocycles. The van der Waals surface area contributed by atoms with E-state index in [0.29, 0.717) is 32.5 Å². The largest absolute Gasteiger partial charge is 0.379 e. The molecule has 1 saturated heterocycles. The van der Waals surface area contributed by atoms with Crippen LogP contribution in [0, 0.1) is 11.3 Å². The predicted octanol–water partition coefficient (Wildman–Crippen LogP) is -0.590. The number of nitrogens with two attached hydrogens (primary N) is 1. The van der Waals surface area contributed by atoms with E-state index in [-0.39, 0.29) is 5.91 Å². The maximum atomic E-state index is 11.8. The van der Waals surface area contributed by atoms with Crippen molar-refractivity contribution in [3.8, 4) is 6.07 Å². The summed E-state index contributed by atoms with van der Waals surface area (Å²) in [6.07, 6.45) is 0.730. The number of hydrogen-bond donors (Lipinski definition) is 1. The second kappa shape index (κ2) is 8.86. The van der Waals surface area contributed by atoms with E-state index in [1.54, 1.807) is 4.90 Å². The number of nitriles is 1. The third kappa shape index (κ3) is 5.45. The fourth-order valence-electron chi connectivity index (χ4n) is 1.91. The molecule has 1 aliphatic heterocycles. The lowest BCUT2D eigenvalue weighted by atomic mass is 10.3. The van der Waals surface area contributed by atoms with Gasteiger partial charge in [0.05, 0.1) is 25.7 Å². The summed E-state index contributed by atoms with van der Waals surface area (Å²) >= 11 is 0. The van der Waals surface area contributed by atoms with Gasteiger partial charge in [-0.15, -0.1) is 0 Å². The van der Waals surface area contributed by atoms with Gasteiger partial charge in [-0.05, 0) is 0 Å². The van der Waals surface area contributed by atoms with Gasteiger partial charge in [-0.25, -0.2) is 0 Å². The molecular weight excluding hydrogens is 232 g/mol. The van der Waals surface area contributed by atoms with Crippen LogP contribution in [0.5, 0.6) is 0 Å². The van der Waals surface area contributed by atoms with Crippen LogP contribution in [-0.2, 0) is 9.53 Å². The third-order valence-corrected chi connectivity index (χ3v) is 2.99. The third-order valence-electron chi connectivity index (χ3n) is 2.99. The highest BCUT2D eigenvalue weighted by molar-refractivity contribution is 5.76. The first-order valence-electron chi connectivity index (χ1n) is 6.43. The Hall–Kier alpha value is -1.16. The predicted molar refractivity (Wildman–Crippen MR) is 67.7 cm³/mol. The SMILES string of the molecule is N#CCCN(CCN1CCOCC1)C(=O)CCN. The van der Waals surface area contributed by atoms with Crippen LogP contribution < -0.4 is 5.73 Å². The molecule has 0 bridgehead atoms. The van der Waals surface area contributed by atoms with Gasteiger partial charge < -0.3 is 15.4 Å². The summed E-state index contributed by atoms with van der Waals surface area (Å²) in [6, 6.07) is 2.07. The number of amides is 1. The molecule has 0 saturated carbocycles. The van der Waals surface area contributed by atoms with Crippen molar-refractivity contribution in [3.63, 3.8) is 0 Å². The van der Waals surface area contributed by atoms with Crippen molar-refractivity contribution >= 4 is 5.91 Å². The van der Waals surface area contributed by atoms with E-state index in [4.69, 9.17) is 15.7 Å². The second-order valence-corrected chi connectivity index (χ2v) is 4.28. The topological polar surface area (TPSA) is 82.6 Å². The van der Waals surface area contributed by atoms with Gasteiger partial charge >= 0.3 is 0 Å². The number of carbonyl (C=O) groups excluding carboxylic acids is 1. The van der Waals surface area contributed by atoms with E-state index in [1.807, 2.05) is 0 Å². The Balaban J connectivity index is 2.34. The number of rotatable bonds is 7. The van der Waals surface area contributed by atoms with Crippen molar-refractivity contribution in [3.05, 3.63) is 0 Å². The Morgan fingerprint density at radius 3 is 2.72 bits per heavy atom. The van der Waals surface area contributed by atoms with E-state index >= 15 is 0 Å². The summed E-state index contributed by atoms with van der Waals surface area (Å²) in [6.45, 7) is 5.71. The maximum Gasteiger partial charge on any atom is 0.223 e. The average Bonchev–Trinajstić information content (AvgIpc) is 2.40. The van der Waals surface area contributed by atoms with Crippen LogP contribution in [0.25, 0.3) is 0 Å². The minimum Gasteiger partial charge on any atom is -0.379 e. The molecule has 1 fully saturated rings. The van der Waals surface area contributed by atoms with Crippen molar-refractivity contribution in [2.45, 2.75) is 12.8 Å². The molecule has 1 amide bonds. The summed E-state index contributed by atoms with van der Waals surface area (Å²) < 4.78 is 5.28. The van der Waals surface area contributed by atoms with Gasteiger partial charge in [-0.2, -0.15) is 5.26 Å². The Morgan fingerprint density at radius 1 is 1.39 bits per heavy atom. The van der Waals surface area contributed by atoms with E-state index in [9.17, 15) is 4.79 Å². The molecule has 1 aliphatic rings. The number of hydrogen-bond acceptors (Lipinski definition) is 5. The molecule has 18 heavy (non-hydrogen) atoms. The first kappa shape index (κ1) is 14.9. The molecule has 0 aromatic rings. The van der Waals surface area contributed by atoms with Gasteiger partial charge in [0.2, 0.25) is 5.91 Å². The minimum absolute atomic E-state index is 0.0426. The summed E-state index contributed by atoms with van der Waals surface area (Å²) in [5, 5.41) is 8.60. The molecule has 0 radical (unpaired) electrons. The van der Waals surface area contributed by atoms with Crippen molar-refractivity contribution < 1.29 is 9.53 Å². The highest BCUT2D eigenvalue weighted by Crippen LogP contribution is 2.00. The molecule has 0 atom stereocenters. The normalized spacial score (nSPS) is 16.2. The minimum atomic E-state index is 0.0426. The standard InChI is InChI=1S/C12H22N4O2/c13-3-1-5-16(12(17)2-4-14)7-6-15-8-10-18-11-9-15/h1-2,4-11,14H2. The van der Waals surface area contributed by atoms with Gasteiger partial charge in [-0.1, -0.05) is 0 Å².